The molecule has 11 heavy (non-hydrogen) atoms. The lowest BCUT2D eigenvalue weighted by atomic mass is 10.2. The van der Waals surface area contributed by atoms with E-state index in [1.54, 1.807) is 6.20 Å². The van der Waals surface area contributed by atoms with Gasteiger partial charge in [-0.3, -0.25) is 0 Å². The van der Waals surface area contributed by atoms with Crippen molar-refractivity contribution in [3.05, 3.63) is 27.5 Å². The fraction of sp³-hybridized carbons (Fsp3) is 0.375. The molecule has 3 heteroatoms. The Labute approximate surface area is 78.9 Å². The van der Waals surface area contributed by atoms with Gasteiger partial charge in [-0.05, 0) is 40.8 Å². The second kappa shape index (κ2) is 2.76. The van der Waals surface area contributed by atoms with Gasteiger partial charge in [-0.15, -0.1) is 0 Å². The number of pyridine rings is 1. The minimum Gasteiger partial charge on any atom is -0.249 e. The minimum atomic E-state index is 0.658. The van der Waals surface area contributed by atoms with E-state index < -0.39 is 0 Å². The number of hydrogen-bond acceptors (Lipinski definition) is 1. The van der Waals surface area contributed by atoms with E-state index >= 15 is 0 Å². The molecule has 0 bridgehead atoms. The number of nitrogens with zero attached hydrogens (tertiary/aromatic N) is 1. The minimum absolute atomic E-state index is 0.658. The molecule has 0 atom stereocenters. The monoisotopic (exact) mass is 231 g/mol. The van der Waals surface area contributed by atoms with E-state index in [0.717, 1.165) is 9.63 Å². The van der Waals surface area contributed by atoms with Crippen molar-refractivity contribution in [2.45, 2.75) is 18.8 Å². The van der Waals surface area contributed by atoms with Gasteiger partial charge in [-0.1, -0.05) is 11.6 Å². The smallest absolute Gasteiger partial charge is 0.111 e. The van der Waals surface area contributed by atoms with Crippen molar-refractivity contribution in [2.24, 2.45) is 0 Å². The third-order valence-corrected chi connectivity index (χ3v) is 2.84. The second-order valence-corrected chi connectivity index (χ2v) is 3.93. The van der Waals surface area contributed by atoms with Gasteiger partial charge in [0.05, 0.1) is 0 Å². The standard InChI is InChI=1S/C8H7BrClN/c9-8-7(5-1-2-5)6(10)3-4-11-8/h3-5H,1-2H2. The molecule has 2 rings (SSSR count). The molecule has 0 aliphatic heterocycles. The quantitative estimate of drug-likeness (QED) is 0.677. The van der Waals surface area contributed by atoms with E-state index in [2.05, 4.69) is 20.9 Å². The SMILES string of the molecule is Clc1ccnc(Br)c1C1CC1. The zero-order chi connectivity index (χ0) is 7.84. The first kappa shape index (κ1) is 7.56. The highest BCUT2D eigenvalue weighted by Gasteiger charge is 2.28. The summed E-state index contributed by atoms with van der Waals surface area (Å²) in [5.41, 5.74) is 1.19. The van der Waals surface area contributed by atoms with Gasteiger partial charge in [0.2, 0.25) is 0 Å². The molecule has 0 N–H and O–H groups in total. The third kappa shape index (κ3) is 1.42. The van der Waals surface area contributed by atoms with Crippen molar-refractivity contribution >= 4 is 27.5 Å². The van der Waals surface area contributed by atoms with E-state index in [1.807, 2.05) is 6.07 Å². The van der Waals surface area contributed by atoms with E-state index in [9.17, 15) is 0 Å². The van der Waals surface area contributed by atoms with Crippen LogP contribution in [0.5, 0.6) is 0 Å². The maximum absolute atomic E-state index is 5.99. The Morgan fingerprint density at radius 2 is 2.27 bits per heavy atom. The lowest BCUT2D eigenvalue weighted by molar-refractivity contribution is 1.07. The summed E-state index contributed by atoms with van der Waals surface area (Å²) in [6.45, 7) is 0. The van der Waals surface area contributed by atoms with Crippen molar-refractivity contribution < 1.29 is 0 Å². The van der Waals surface area contributed by atoms with Crippen LogP contribution in [-0.2, 0) is 0 Å². The van der Waals surface area contributed by atoms with Gasteiger partial charge in [0.1, 0.15) is 4.60 Å². The third-order valence-electron chi connectivity index (χ3n) is 1.87. The molecule has 1 aromatic heterocycles. The van der Waals surface area contributed by atoms with Gasteiger partial charge >= 0.3 is 0 Å². The number of aromatic nitrogens is 1. The summed E-state index contributed by atoms with van der Waals surface area (Å²) in [7, 11) is 0. The number of halogens is 2. The average Bonchev–Trinajstić information content (AvgIpc) is 2.70. The molecule has 0 amide bonds. The van der Waals surface area contributed by atoms with E-state index in [1.165, 1.54) is 18.4 Å². The van der Waals surface area contributed by atoms with Crippen LogP contribution >= 0.6 is 27.5 Å². The van der Waals surface area contributed by atoms with Crippen molar-refractivity contribution in [1.82, 2.24) is 4.98 Å². The maximum atomic E-state index is 5.99. The van der Waals surface area contributed by atoms with Crippen molar-refractivity contribution in [3.63, 3.8) is 0 Å². The Morgan fingerprint density at radius 3 is 2.82 bits per heavy atom. The molecule has 1 aliphatic carbocycles. The summed E-state index contributed by atoms with van der Waals surface area (Å²) in [5.74, 6) is 0.658. The molecule has 58 valence electrons. The fourth-order valence-corrected chi connectivity index (χ4v) is 2.23. The molecule has 0 unspecified atom stereocenters. The van der Waals surface area contributed by atoms with Gasteiger partial charge in [-0.2, -0.15) is 0 Å². The summed E-state index contributed by atoms with van der Waals surface area (Å²) < 4.78 is 0.910. The second-order valence-electron chi connectivity index (χ2n) is 2.77. The molecule has 1 nitrogen and oxygen atoms in total. The highest BCUT2D eigenvalue weighted by Crippen LogP contribution is 2.45. The molecule has 0 saturated heterocycles. The molecule has 1 heterocycles. The lowest BCUT2D eigenvalue weighted by Gasteiger charge is -2.02. The van der Waals surface area contributed by atoms with Gasteiger partial charge in [-0.25, -0.2) is 4.98 Å². The highest BCUT2D eigenvalue weighted by atomic mass is 79.9. The van der Waals surface area contributed by atoms with Crippen molar-refractivity contribution in [2.75, 3.05) is 0 Å². The molecular weight excluding hydrogens is 225 g/mol. The average molecular weight is 233 g/mol. The Bertz CT molecular complexity index is 263. The van der Waals surface area contributed by atoms with E-state index in [-0.39, 0.29) is 0 Å². The fourth-order valence-electron chi connectivity index (χ4n) is 1.16. The molecular formula is C8H7BrClN. The van der Waals surface area contributed by atoms with Gasteiger partial charge in [0.15, 0.2) is 0 Å². The van der Waals surface area contributed by atoms with E-state index in [4.69, 9.17) is 11.6 Å². The summed E-state index contributed by atoms with van der Waals surface area (Å²) >= 11 is 9.39. The van der Waals surface area contributed by atoms with Gasteiger partial charge < -0.3 is 0 Å². The van der Waals surface area contributed by atoms with Crippen LogP contribution in [0.4, 0.5) is 0 Å². The number of hydrogen-bond donors (Lipinski definition) is 0. The lowest BCUT2D eigenvalue weighted by Crippen LogP contribution is -1.86. The number of rotatable bonds is 1. The van der Waals surface area contributed by atoms with Crippen molar-refractivity contribution in [3.8, 4) is 0 Å². The Morgan fingerprint density at radius 1 is 1.55 bits per heavy atom. The molecule has 0 radical (unpaired) electrons. The first-order chi connectivity index (χ1) is 5.29. The Hall–Kier alpha value is -0.0800. The molecule has 1 fully saturated rings. The molecule has 1 aromatic rings. The van der Waals surface area contributed by atoms with E-state index in [0.29, 0.717) is 5.92 Å². The first-order valence-electron chi connectivity index (χ1n) is 3.59. The highest BCUT2D eigenvalue weighted by molar-refractivity contribution is 9.10. The molecule has 0 aromatic carbocycles. The van der Waals surface area contributed by atoms with Crippen LogP contribution in [0.3, 0.4) is 0 Å². The molecule has 1 aliphatic rings. The van der Waals surface area contributed by atoms with Gasteiger partial charge in [0.25, 0.3) is 0 Å². The van der Waals surface area contributed by atoms with Crippen LogP contribution in [-0.4, -0.2) is 4.98 Å². The van der Waals surface area contributed by atoms with Gasteiger partial charge in [0, 0.05) is 16.8 Å². The van der Waals surface area contributed by atoms with Crippen LogP contribution in [0.2, 0.25) is 5.02 Å². The summed E-state index contributed by atoms with van der Waals surface area (Å²) in [6.07, 6.45) is 4.23. The summed E-state index contributed by atoms with van der Waals surface area (Å²) in [5, 5.41) is 0.842. The molecule has 0 spiro atoms. The van der Waals surface area contributed by atoms with Crippen LogP contribution in [0.15, 0.2) is 16.9 Å². The largest absolute Gasteiger partial charge is 0.249 e. The van der Waals surface area contributed by atoms with Crippen LogP contribution in [0.25, 0.3) is 0 Å². The normalized spacial score (nSPS) is 16.9. The zero-order valence-corrected chi connectivity index (χ0v) is 8.19. The Kier molecular flexibility index (Phi) is 1.90. The molecule has 1 saturated carbocycles. The van der Waals surface area contributed by atoms with Crippen LogP contribution < -0.4 is 0 Å². The Balaban J connectivity index is 2.48. The topological polar surface area (TPSA) is 12.9 Å². The summed E-state index contributed by atoms with van der Waals surface area (Å²) in [6, 6.07) is 1.85. The maximum Gasteiger partial charge on any atom is 0.111 e. The van der Waals surface area contributed by atoms with Crippen LogP contribution in [0, 0.1) is 0 Å². The predicted molar refractivity (Wildman–Crippen MR) is 48.9 cm³/mol. The summed E-state index contributed by atoms with van der Waals surface area (Å²) in [4.78, 5) is 4.13. The van der Waals surface area contributed by atoms with Crippen LogP contribution in [0.1, 0.15) is 24.3 Å². The predicted octanol–water partition coefficient (Wildman–Crippen LogP) is 3.37. The van der Waals surface area contributed by atoms with Crippen molar-refractivity contribution in [1.29, 1.82) is 0 Å². The first-order valence-corrected chi connectivity index (χ1v) is 4.76. The zero-order valence-electron chi connectivity index (χ0n) is 5.85.